The number of nitrogens with zero attached hydrogens (tertiary/aromatic N) is 3. The molecule has 0 aliphatic heterocycles. The van der Waals surface area contributed by atoms with Crippen LogP contribution >= 0.6 is 11.3 Å². The third-order valence-corrected chi connectivity index (χ3v) is 5.61. The van der Waals surface area contributed by atoms with Crippen LogP contribution in [-0.2, 0) is 19.3 Å². The van der Waals surface area contributed by atoms with Crippen LogP contribution in [0.1, 0.15) is 46.0 Å². The minimum Gasteiger partial charge on any atom is -0.351 e. The maximum absolute atomic E-state index is 12.5. The first-order valence-corrected chi connectivity index (χ1v) is 9.81. The van der Waals surface area contributed by atoms with Crippen molar-refractivity contribution in [3.05, 3.63) is 52.0 Å². The Hall–Kier alpha value is -2.54. The lowest BCUT2D eigenvalue weighted by Crippen LogP contribution is -2.26. The largest absolute Gasteiger partial charge is 0.351 e. The Kier molecular flexibility index (Phi) is 4.79. The predicted octanol–water partition coefficient (Wildman–Crippen LogP) is 3.09. The van der Waals surface area contributed by atoms with Gasteiger partial charge in [-0.2, -0.15) is 5.10 Å². The maximum atomic E-state index is 12.5. The zero-order chi connectivity index (χ0) is 17.9. The van der Waals surface area contributed by atoms with Crippen molar-refractivity contribution in [1.82, 2.24) is 25.5 Å². The summed E-state index contributed by atoms with van der Waals surface area (Å²) in [7, 11) is 0. The van der Waals surface area contributed by atoms with Crippen molar-refractivity contribution in [3.63, 3.8) is 0 Å². The van der Waals surface area contributed by atoms with Gasteiger partial charge in [0.25, 0.3) is 5.91 Å². The van der Waals surface area contributed by atoms with Crippen LogP contribution in [0.3, 0.4) is 0 Å². The summed E-state index contributed by atoms with van der Waals surface area (Å²) in [6, 6.07) is 3.93. The molecule has 0 aromatic carbocycles. The number of nitrogens with one attached hydrogen (secondary N) is 2. The summed E-state index contributed by atoms with van der Waals surface area (Å²) >= 11 is 1.58. The molecule has 0 bridgehead atoms. The molecule has 0 fully saturated rings. The van der Waals surface area contributed by atoms with Crippen molar-refractivity contribution in [3.8, 4) is 10.6 Å². The average molecular weight is 367 g/mol. The lowest BCUT2D eigenvalue weighted by Gasteiger charge is -2.17. The number of H-pyrrole nitrogens is 1. The van der Waals surface area contributed by atoms with Crippen LogP contribution < -0.4 is 5.32 Å². The van der Waals surface area contributed by atoms with Crippen LogP contribution in [0.4, 0.5) is 0 Å². The number of hydrogen-bond donors (Lipinski definition) is 2. The first-order chi connectivity index (χ1) is 12.7. The van der Waals surface area contributed by atoms with Crippen LogP contribution in [-0.4, -0.2) is 32.6 Å². The van der Waals surface area contributed by atoms with Gasteiger partial charge in [-0.15, -0.1) is 11.3 Å². The highest BCUT2D eigenvalue weighted by Crippen LogP contribution is 2.25. The molecule has 4 rings (SSSR count). The van der Waals surface area contributed by atoms with Gasteiger partial charge < -0.3 is 5.32 Å². The number of aryl methyl sites for hydroxylation is 2. The quantitative estimate of drug-likeness (QED) is 0.726. The molecule has 3 heterocycles. The zero-order valence-electron chi connectivity index (χ0n) is 14.7. The third kappa shape index (κ3) is 3.39. The minimum atomic E-state index is -0.128. The van der Waals surface area contributed by atoms with Crippen LogP contribution in [0.2, 0.25) is 0 Å². The minimum absolute atomic E-state index is 0.128. The molecule has 0 unspecified atom stereocenters. The second-order valence-corrected chi connectivity index (χ2v) is 7.45. The Balaban J connectivity index is 1.40. The van der Waals surface area contributed by atoms with Crippen LogP contribution in [0.25, 0.3) is 10.6 Å². The SMILES string of the molecule is Cc1nc(CCNC(=O)c2cn[nH]c2-c2cccs2)nc2c1CCCC2. The van der Waals surface area contributed by atoms with Crippen molar-refractivity contribution in [2.75, 3.05) is 6.54 Å². The van der Waals surface area contributed by atoms with Crippen LogP contribution in [0.5, 0.6) is 0 Å². The number of thiophene rings is 1. The monoisotopic (exact) mass is 367 g/mol. The van der Waals surface area contributed by atoms with Crippen molar-refractivity contribution < 1.29 is 4.79 Å². The number of rotatable bonds is 5. The molecule has 26 heavy (non-hydrogen) atoms. The van der Waals surface area contributed by atoms with Crippen molar-refractivity contribution in [1.29, 1.82) is 0 Å². The highest BCUT2D eigenvalue weighted by molar-refractivity contribution is 7.13. The van der Waals surface area contributed by atoms with Gasteiger partial charge in [-0.1, -0.05) is 6.07 Å². The lowest BCUT2D eigenvalue weighted by molar-refractivity contribution is 0.0954. The number of carbonyl (C=O) groups is 1. The standard InChI is InChI=1S/C19H21N5OS/c1-12-13-5-2-3-6-15(13)23-17(22-12)8-9-20-19(25)14-11-21-24-18(14)16-7-4-10-26-16/h4,7,10-11H,2-3,5-6,8-9H2,1H3,(H,20,25)(H,21,24). The summed E-state index contributed by atoms with van der Waals surface area (Å²) < 4.78 is 0. The topological polar surface area (TPSA) is 83.6 Å². The molecule has 3 aromatic rings. The fourth-order valence-corrected chi connectivity index (χ4v) is 4.14. The van der Waals surface area contributed by atoms with E-state index >= 15 is 0 Å². The van der Waals surface area contributed by atoms with Gasteiger partial charge >= 0.3 is 0 Å². The van der Waals surface area contributed by atoms with Crippen LogP contribution in [0.15, 0.2) is 23.7 Å². The van der Waals surface area contributed by atoms with Gasteiger partial charge in [-0.3, -0.25) is 9.89 Å². The number of aromatic amines is 1. The molecule has 0 saturated carbocycles. The molecule has 0 spiro atoms. The Morgan fingerprint density at radius 1 is 1.31 bits per heavy atom. The first-order valence-electron chi connectivity index (χ1n) is 8.93. The second kappa shape index (κ2) is 7.37. The number of fused-ring (bicyclic) bond motifs is 1. The Morgan fingerprint density at radius 2 is 2.19 bits per heavy atom. The number of carbonyl (C=O) groups excluding carboxylic acids is 1. The Morgan fingerprint density at radius 3 is 3.04 bits per heavy atom. The predicted molar refractivity (Wildman–Crippen MR) is 101 cm³/mol. The van der Waals surface area contributed by atoms with Gasteiger partial charge in [-0.25, -0.2) is 9.97 Å². The molecule has 134 valence electrons. The average Bonchev–Trinajstić information content (AvgIpc) is 3.33. The smallest absolute Gasteiger partial charge is 0.255 e. The summed E-state index contributed by atoms with van der Waals surface area (Å²) in [5.41, 5.74) is 4.93. The highest BCUT2D eigenvalue weighted by atomic mass is 32.1. The van der Waals surface area contributed by atoms with E-state index in [2.05, 4.69) is 27.4 Å². The van der Waals surface area contributed by atoms with Gasteiger partial charge in [0.1, 0.15) is 5.82 Å². The molecule has 1 aliphatic carbocycles. The van der Waals surface area contributed by atoms with Gasteiger partial charge in [0.2, 0.25) is 0 Å². The molecule has 1 amide bonds. The van der Waals surface area contributed by atoms with E-state index in [1.165, 1.54) is 24.1 Å². The van der Waals surface area contributed by atoms with Crippen molar-refractivity contribution >= 4 is 17.2 Å². The molecule has 1 aliphatic rings. The second-order valence-electron chi connectivity index (χ2n) is 6.50. The van der Waals surface area contributed by atoms with E-state index in [9.17, 15) is 4.79 Å². The van der Waals surface area contributed by atoms with E-state index in [4.69, 9.17) is 4.98 Å². The van der Waals surface area contributed by atoms with Gasteiger partial charge in [0.05, 0.1) is 22.3 Å². The molecule has 2 N–H and O–H groups in total. The van der Waals surface area contributed by atoms with Gasteiger partial charge in [0.15, 0.2) is 0 Å². The van der Waals surface area contributed by atoms with E-state index in [0.717, 1.165) is 34.9 Å². The zero-order valence-corrected chi connectivity index (χ0v) is 15.5. The van der Waals surface area contributed by atoms with E-state index in [1.54, 1.807) is 17.5 Å². The number of aromatic nitrogens is 4. The molecule has 7 heteroatoms. The molecule has 0 saturated heterocycles. The van der Waals surface area contributed by atoms with Crippen molar-refractivity contribution in [2.45, 2.75) is 39.0 Å². The summed E-state index contributed by atoms with van der Waals surface area (Å²) in [5, 5.41) is 11.9. The fraction of sp³-hybridized carbons (Fsp3) is 0.368. The molecule has 6 nitrogen and oxygen atoms in total. The van der Waals surface area contributed by atoms with E-state index in [0.29, 0.717) is 18.5 Å². The van der Waals surface area contributed by atoms with Gasteiger partial charge in [0, 0.05) is 24.4 Å². The number of amides is 1. The van der Waals surface area contributed by atoms with Crippen LogP contribution in [0, 0.1) is 6.92 Å². The summed E-state index contributed by atoms with van der Waals surface area (Å²) in [5.74, 6) is 0.686. The molecular formula is C19H21N5OS. The highest BCUT2D eigenvalue weighted by Gasteiger charge is 2.17. The third-order valence-electron chi connectivity index (χ3n) is 4.72. The van der Waals surface area contributed by atoms with E-state index in [1.807, 2.05) is 17.5 Å². The number of hydrogen-bond acceptors (Lipinski definition) is 5. The maximum Gasteiger partial charge on any atom is 0.255 e. The van der Waals surface area contributed by atoms with Crippen molar-refractivity contribution in [2.24, 2.45) is 0 Å². The van der Waals surface area contributed by atoms with Gasteiger partial charge in [-0.05, 0) is 49.6 Å². The summed E-state index contributed by atoms with van der Waals surface area (Å²) in [4.78, 5) is 22.8. The molecular weight excluding hydrogens is 346 g/mol. The summed E-state index contributed by atoms with van der Waals surface area (Å²) in [6.45, 7) is 2.57. The van der Waals surface area contributed by atoms with E-state index in [-0.39, 0.29) is 5.91 Å². The Bertz CT molecular complexity index is 916. The molecule has 3 aromatic heterocycles. The lowest BCUT2D eigenvalue weighted by atomic mass is 9.95. The first kappa shape index (κ1) is 16.9. The summed E-state index contributed by atoms with van der Waals surface area (Å²) in [6.07, 6.45) is 6.76. The normalized spacial score (nSPS) is 13.4. The van der Waals surface area contributed by atoms with E-state index < -0.39 is 0 Å². The fourth-order valence-electron chi connectivity index (χ4n) is 3.41. The Labute approximate surface area is 156 Å². The molecule has 0 radical (unpaired) electrons. The molecule has 0 atom stereocenters.